The fourth-order valence-electron chi connectivity index (χ4n) is 3.35. The molecular weight excluding hydrogens is 312 g/mol. The van der Waals surface area contributed by atoms with Crippen molar-refractivity contribution >= 4 is 5.96 Å². The molecule has 0 spiro atoms. The summed E-state index contributed by atoms with van der Waals surface area (Å²) in [5, 5.41) is 11.1. The third-order valence-corrected chi connectivity index (χ3v) is 5.28. The Morgan fingerprint density at radius 3 is 2.76 bits per heavy atom. The van der Waals surface area contributed by atoms with E-state index in [0.717, 1.165) is 25.6 Å². The lowest BCUT2D eigenvalue weighted by molar-refractivity contribution is 0.131. The molecular formula is C19H28N6. The summed E-state index contributed by atoms with van der Waals surface area (Å²) < 4.78 is 1.83. The molecule has 0 unspecified atom stereocenters. The standard InChI is InChI=1S/C19H28N6/c1-3-19(8-5-9-19)13-23-18(20-2)22-11-16-6-4-7-17(10-16)12-25-15-21-14-24-25/h4,6-7,10,14-15H,3,5,8-9,11-13H2,1-2H3,(H2,20,22,23). The Labute approximate surface area is 149 Å². The minimum Gasteiger partial charge on any atom is -0.356 e. The third-order valence-electron chi connectivity index (χ3n) is 5.28. The zero-order valence-corrected chi connectivity index (χ0v) is 15.2. The maximum absolute atomic E-state index is 4.35. The molecule has 1 aromatic carbocycles. The molecule has 1 aliphatic carbocycles. The first-order valence-corrected chi connectivity index (χ1v) is 9.08. The van der Waals surface area contributed by atoms with Crippen LogP contribution in [-0.4, -0.2) is 34.3 Å². The molecule has 0 atom stereocenters. The number of nitrogens with one attached hydrogen (secondary N) is 2. The van der Waals surface area contributed by atoms with E-state index in [4.69, 9.17) is 0 Å². The van der Waals surface area contributed by atoms with E-state index in [1.165, 1.54) is 36.8 Å². The average Bonchev–Trinajstić information content (AvgIpc) is 3.10. The van der Waals surface area contributed by atoms with Gasteiger partial charge in [-0.2, -0.15) is 5.10 Å². The van der Waals surface area contributed by atoms with Crippen LogP contribution in [0.1, 0.15) is 43.7 Å². The van der Waals surface area contributed by atoms with Crippen LogP contribution in [0.4, 0.5) is 0 Å². The van der Waals surface area contributed by atoms with Crippen LogP contribution in [-0.2, 0) is 13.1 Å². The second-order valence-corrected chi connectivity index (χ2v) is 6.90. The van der Waals surface area contributed by atoms with Gasteiger partial charge in [0.1, 0.15) is 12.7 Å². The normalized spacial score (nSPS) is 16.3. The molecule has 1 aliphatic rings. The van der Waals surface area contributed by atoms with Gasteiger partial charge < -0.3 is 10.6 Å². The lowest BCUT2D eigenvalue weighted by atomic mass is 9.67. The lowest BCUT2D eigenvalue weighted by Crippen LogP contribution is -2.46. The van der Waals surface area contributed by atoms with Gasteiger partial charge in [-0.15, -0.1) is 0 Å². The highest BCUT2D eigenvalue weighted by Crippen LogP contribution is 2.42. The quantitative estimate of drug-likeness (QED) is 0.600. The summed E-state index contributed by atoms with van der Waals surface area (Å²) in [6.07, 6.45) is 8.56. The van der Waals surface area contributed by atoms with E-state index in [-0.39, 0.29) is 0 Å². The maximum Gasteiger partial charge on any atom is 0.191 e. The van der Waals surface area contributed by atoms with Crippen molar-refractivity contribution < 1.29 is 0 Å². The summed E-state index contributed by atoms with van der Waals surface area (Å²) in [5.41, 5.74) is 2.93. The Morgan fingerprint density at radius 2 is 2.12 bits per heavy atom. The molecule has 1 saturated carbocycles. The molecule has 6 heteroatoms. The maximum atomic E-state index is 4.35. The van der Waals surface area contributed by atoms with Gasteiger partial charge in [0.05, 0.1) is 6.54 Å². The summed E-state index contributed by atoms with van der Waals surface area (Å²) in [6.45, 7) is 4.79. The van der Waals surface area contributed by atoms with E-state index >= 15 is 0 Å². The van der Waals surface area contributed by atoms with E-state index < -0.39 is 0 Å². The van der Waals surface area contributed by atoms with Gasteiger partial charge in [0.25, 0.3) is 0 Å². The van der Waals surface area contributed by atoms with E-state index in [2.05, 4.69) is 56.9 Å². The number of aliphatic imine (C=N–C) groups is 1. The lowest BCUT2D eigenvalue weighted by Gasteiger charge is -2.41. The molecule has 3 rings (SSSR count). The monoisotopic (exact) mass is 340 g/mol. The Balaban J connectivity index is 1.51. The topological polar surface area (TPSA) is 67.1 Å². The Morgan fingerprint density at radius 1 is 1.28 bits per heavy atom. The van der Waals surface area contributed by atoms with Gasteiger partial charge in [-0.1, -0.05) is 37.6 Å². The Kier molecular flexibility index (Phi) is 5.68. The van der Waals surface area contributed by atoms with Gasteiger partial charge in [0.2, 0.25) is 0 Å². The fraction of sp³-hybridized carbons (Fsp3) is 0.526. The number of rotatable bonds is 7. The van der Waals surface area contributed by atoms with E-state index in [9.17, 15) is 0 Å². The zero-order chi connectivity index (χ0) is 17.5. The minimum absolute atomic E-state index is 0.481. The van der Waals surface area contributed by atoms with E-state index in [0.29, 0.717) is 5.41 Å². The van der Waals surface area contributed by atoms with Crippen LogP contribution in [0.25, 0.3) is 0 Å². The molecule has 1 fully saturated rings. The van der Waals surface area contributed by atoms with Gasteiger partial charge in [-0.3, -0.25) is 4.99 Å². The van der Waals surface area contributed by atoms with Crippen LogP contribution in [0.5, 0.6) is 0 Å². The highest BCUT2D eigenvalue weighted by molar-refractivity contribution is 5.79. The molecule has 0 aliphatic heterocycles. The van der Waals surface area contributed by atoms with Crippen molar-refractivity contribution in [1.82, 2.24) is 25.4 Å². The molecule has 2 N–H and O–H groups in total. The van der Waals surface area contributed by atoms with Crippen LogP contribution in [0.3, 0.4) is 0 Å². The van der Waals surface area contributed by atoms with Crippen LogP contribution in [0.15, 0.2) is 41.9 Å². The second-order valence-electron chi connectivity index (χ2n) is 6.90. The van der Waals surface area contributed by atoms with Crippen molar-refractivity contribution in [2.45, 2.75) is 45.7 Å². The molecule has 0 amide bonds. The molecule has 1 aromatic heterocycles. The van der Waals surface area contributed by atoms with Crippen LogP contribution in [0, 0.1) is 5.41 Å². The predicted octanol–water partition coefficient (Wildman–Crippen LogP) is 2.57. The first-order valence-electron chi connectivity index (χ1n) is 9.08. The van der Waals surface area contributed by atoms with Crippen molar-refractivity contribution in [2.75, 3.05) is 13.6 Å². The summed E-state index contributed by atoms with van der Waals surface area (Å²) >= 11 is 0. The summed E-state index contributed by atoms with van der Waals surface area (Å²) in [4.78, 5) is 8.34. The van der Waals surface area contributed by atoms with Gasteiger partial charge in [-0.05, 0) is 35.8 Å². The Bertz CT molecular complexity index is 682. The highest BCUT2D eigenvalue weighted by atomic mass is 15.3. The van der Waals surface area contributed by atoms with Gasteiger partial charge >= 0.3 is 0 Å². The number of hydrogen-bond donors (Lipinski definition) is 2. The third kappa shape index (κ3) is 4.59. The number of aromatic nitrogens is 3. The zero-order valence-electron chi connectivity index (χ0n) is 15.2. The second kappa shape index (κ2) is 8.14. The van der Waals surface area contributed by atoms with Gasteiger partial charge in [0, 0.05) is 20.1 Å². The van der Waals surface area contributed by atoms with Crippen molar-refractivity contribution in [3.63, 3.8) is 0 Å². The van der Waals surface area contributed by atoms with Crippen LogP contribution < -0.4 is 10.6 Å². The number of nitrogens with zero attached hydrogens (tertiary/aromatic N) is 4. The smallest absolute Gasteiger partial charge is 0.191 e. The minimum atomic E-state index is 0.481. The summed E-state index contributed by atoms with van der Waals surface area (Å²) in [5.74, 6) is 0.876. The van der Waals surface area contributed by atoms with E-state index in [1.54, 1.807) is 12.7 Å². The van der Waals surface area contributed by atoms with Gasteiger partial charge in [0.15, 0.2) is 5.96 Å². The molecule has 25 heavy (non-hydrogen) atoms. The molecule has 1 heterocycles. The van der Waals surface area contributed by atoms with E-state index in [1.807, 2.05) is 11.7 Å². The Hall–Kier alpha value is -2.37. The summed E-state index contributed by atoms with van der Waals surface area (Å²) in [6, 6.07) is 8.52. The van der Waals surface area contributed by atoms with Crippen molar-refractivity contribution in [2.24, 2.45) is 10.4 Å². The molecule has 0 bridgehead atoms. The number of guanidine groups is 1. The molecule has 0 radical (unpaired) electrons. The number of hydrogen-bond acceptors (Lipinski definition) is 3. The van der Waals surface area contributed by atoms with Crippen LogP contribution in [0.2, 0.25) is 0 Å². The van der Waals surface area contributed by atoms with Crippen molar-refractivity contribution in [1.29, 1.82) is 0 Å². The van der Waals surface area contributed by atoms with Crippen molar-refractivity contribution in [3.05, 3.63) is 48.0 Å². The predicted molar refractivity (Wildman–Crippen MR) is 100 cm³/mol. The largest absolute Gasteiger partial charge is 0.356 e. The molecule has 6 nitrogen and oxygen atoms in total. The van der Waals surface area contributed by atoms with Crippen molar-refractivity contribution in [3.8, 4) is 0 Å². The first-order chi connectivity index (χ1) is 12.2. The van der Waals surface area contributed by atoms with Crippen LogP contribution >= 0.6 is 0 Å². The number of benzene rings is 1. The molecule has 0 saturated heterocycles. The fourth-order valence-corrected chi connectivity index (χ4v) is 3.35. The van der Waals surface area contributed by atoms with Gasteiger partial charge in [-0.25, -0.2) is 9.67 Å². The summed E-state index contributed by atoms with van der Waals surface area (Å²) in [7, 11) is 1.83. The highest BCUT2D eigenvalue weighted by Gasteiger charge is 2.34. The molecule has 2 aromatic rings. The average molecular weight is 340 g/mol. The molecule has 134 valence electrons. The first kappa shape index (κ1) is 17.5. The SMILES string of the molecule is CCC1(CNC(=NC)NCc2cccc(Cn3cncn3)c2)CCC1.